The van der Waals surface area contributed by atoms with Crippen LogP contribution in [0.1, 0.15) is 12.8 Å². The highest BCUT2D eigenvalue weighted by Crippen LogP contribution is 2.19. The Morgan fingerprint density at radius 2 is 2.11 bits per heavy atom. The second-order valence-corrected chi connectivity index (χ2v) is 3.62. The molecule has 0 amide bonds. The standard InChI is InChI=1S/C13H12FNO3/c1-2-17-13(16)7-12-15-11(8-18-12)9-3-5-10(14)6-4-9/h3-6,8H,2,7H2,1H3. The average molecular weight is 249 g/mol. The number of nitrogens with zero attached hydrogens (tertiary/aromatic N) is 1. The van der Waals surface area contributed by atoms with E-state index >= 15 is 0 Å². The van der Waals surface area contributed by atoms with Crippen molar-refractivity contribution < 1.29 is 18.3 Å². The fourth-order valence-electron chi connectivity index (χ4n) is 1.48. The largest absolute Gasteiger partial charge is 0.466 e. The van der Waals surface area contributed by atoms with Gasteiger partial charge in [0.15, 0.2) is 0 Å². The quantitative estimate of drug-likeness (QED) is 0.781. The maximum atomic E-state index is 12.8. The van der Waals surface area contributed by atoms with E-state index in [4.69, 9.17) is 9.15 Å². The molecule has 1 heterocycles. The zero-order valence-electron chi connectivity index (χ0n) is 9.85. The third kappa shape index (κ3) is 2.94. The van der Waals surface area contributed by atoms with E-state index in [-0.39, 0.29) is 24.1 Å². The summed E-state index contributed by atoms with van der Waals surface area (Å²) in [5.74, 6) is -0.410. The number of oxazole rings is 1. The first-order valence-corrected chi connectivity index (χ1v) is 5.55. The molecule has 0 spiro atoms. The van der Waals surface area contributed by atoms with Crippen LogP contribution in [-0.4, -0.2) is 17.6 Å². The van der Waals surface area contributed by atoms with Crippen molar-refractivity contribution in [3.8, 4) is 11.3 Å². The Hall–Kier alpha value is -2.17. The van der Waals surface area contributed by atoms with Crippen molar-refractivity contribution in [1.82, 2.24) is 4.98 Å². The lowest BCUT2D eigenvalue weighted by Crippen LogP contribution is -2.07. The molecule has 4 nitrogen and oxygen atoms in total. The smallest absolute Gasteiger partial charge is 0.315 e. The van der Waals surface area contributed by atoms with Gasteiger partial charge in [-0.3, -0.25) is 4.79 Å². The van der Waals surface area contributed by atoms with Crippen LogP contribution < -0.4 is 0 Å². The minimum absolute atomic E-state index is 0.00493. The van der Waals surface area contributed by atoms with Gasteiger partial charge in [-0.15, -0.1) is 0 Å². The van der Waals surface area contributed by atoms with Gasteiger partial charge < -0.3 is 9.15 Å². The highest BCUT2D eigenvalue weighted by molar-refractivity contribution is 5.71. The summed E-state index contributed by atoms with van der Waals surface area (Å²) >= 11 is 0. The maximum Gasteiger partial charge on any atom is 0.315 e. The van der Waals surface area contributed by atoms with Crippen LogP contribution in [0.2, 0.25) is 0 Å². The number of carbonyl (C=O) groups excluding carboxylic acids is 1. The third-order valence-corrected chi connectivity index (χ3v) is 2.29. The maximum absolute atomic E-state index is 12.8. The van der Waals surface area contributed by atoms with Crippen LogP contribution in [0.25, 0.3) is 11.3 Å². The number of benzene rings is 1. The van der Waals surface area contributed by atoms with Gasteiger partial charge in [0, 0.05) is 5.56 Å². The monoisotopic (exact) mass is 249 g/mol. The fourth-order valence-corrected chi connectivity index (χ4v) is 1.48. The van der Waals surface area contributed by atoms with Gasteiger partial charge in [0.05, 0.1) is 6.61 Å². The summed E-state index contributed by atoms with van der Waals surface area (Å²) in [4.78, 5) is 15.4. The lowest BCUT2D eigenvalue weighted by Gasteiger charge is -1.97. The van der Waals surface area contributed by atoms with Gasteiger partial charge in [-0.05, 0) is 31.2 Å². The number of hydrogen-bond donors (Lipinski definition) is 0. The molecule has 0 atom stereocenters. The number of aromatic nitrogens is 1. The topological polar surface area (TPSA) is 52.3 Å². The minimum atomic E-state index is -0.384. The Labute approximate surface area is 103 Å². The zero-order chi connectivity index (χ0) is 13.0. The Balaban J connectivity index is 2.10. The van der Waals surface area contributed by atoms with Crippen LogP contribution >= 0.6 is 0 Å². The number of esters is 1. The van der Waals surface area contributed by atoms with E-state index in [2.05, 4.69) is 4.98 Å². The second-order valence-electron chi connectivity index (χ2n) is 3.62. The van der Waals surface area contributed by atoms with Crippen LogP contribution in [0.15, 0.2) is 34.9 Å². The third-order valence-electron chi connectivity index (χ3n) is 2.29. The van der Waals surface area contributed by atoms with Crippen LogP contribution in [-0.2, 0) is 16.0 Å². The number of carbonyl (C=O) groups is 1. The summed E-state index contributed by atoms with van der Waals surface area (Å²) in [6, 6.07) is 5.88. The summed E-state index contributed by atoms with van der Waals surface area (Å²) < 4.78 is 22.7. The molecule has 94 valence electrons. The number of rotatable bonds is 4. The molecule has 0 N–H and O–H groups in total. The van der Waals surface area contributed by atoms with E-state index in [0.717, 1.165) is 5.56 Å². The SMILES string of the molecule is CCOC(=O)Cc1nc(-c2ccc(F)cc2)co1. The van der Waals surface area contributed by atoms with Crippen molar-refractivity contribution in [2.75, 3.05) is 6.61 Å². The van der Waals surface area contributed by atoms with Gasteiger partial charge in [0.2, 0.25) is 5.89 Å². The molecule has 1 aromatic carbocycles. The molecule has 5 heteroatoms. The fraction of sp³-hybridized carbons (Fsp3) is 0.231. The molecule has 0 aliphatic carbocycles. The molecule has 2 rings (SSSR count). The van der Waals surface area contributed by atoms with Gasteiger partial charge in [-0.1, -0.05) is 0 Å². The molecule has 1 aromatic heterocycles. The molecular formula is C13H12FNO3. The summed E-state index contributed by atoms with van der Waals surface area (Å²) in [5.41, 5.74) is 1.30. The molecular weight excluding hydrogens is 237 g/mol. The predicted octanol–water partition coefficient (Wildman–Crippen LogP) is 2.59. The Bertz CT molecular complexity index is 533. The lowest BCUT2D eigenvalue weighted by molar-refractivity contribution is -0.142. The molecule has 0 radical (unpaired) electrons. The predicted molar refractivity (Wildman–Crippen MR) is 62.2 cm³/mol. The summed E-state index contributed by atoms with van der Waals surface area (Å²) in [6.45, 7) is 2.06. The van der Waals surface area contributed by atoms with Crippen molar-refractivity contribution in [2.24, 2.45) is 0 Å². The van der Waals surface area contributed by atoms with E-state index in [1.54, 1.807) is 19.1 Å². The molecule has 18 heavy (non-hydrogen) atoms. The highest BCUT2D eigenvalue weighted by atomic mass is 19.1. The summed E-state index contributed by atoms with van der Waals surface area (Å²) in [6.07, 6.45) is 1.43. The van der Waals surface area contributed by atoms with Crippen molar-refractivity contribution >= 4 is 5.97 Å². The normalized spacial score (nSPS) is 10.3. The summed E-state index contributed by atoms with van der Waals surface area (Å²) in [5, 5.41) is 0. The molecule has 0 saturated carbocycles. The van der Waals surface area contributed by atoms with Crippen LogP contribution in [0, 0.1) is 5.82 Å². The molecule has 0 unspecified atom stereocenters. The van der Waals surface area contributed by atoms with E-state index in [9.17, 15) is 9.18 Å². The Morgan fingerprint density at radius 3 is 2.78 bits per heavy atom. The molecule has 0 aliphatic rings. The van der Waals surface area contributed by atoms with E-state index in [0.29, 0.717) is 12.3 Å². The van der Waals surface area contributed by atoms with Gasteiger partial charge in [-0.25, -0.2) is 9.37 Å². The minimum Gasteiger partial charge on any atom is -0.466 e. The number of halogens is 1. The lowest BCUT2D eigenvalue weighted by atomic mass is 10.2. The van der Waals surface area contributed by atoms with Crippen molar-refractivity contribution in [2.45, 2.75) is 13.3 Å². The van der Waals surface area contributed by atoms with Crippen molar-refractivity contribution in [1.29, 1.82) is 0 Å². The summed E-state index contributed by atoms with van der Waals surface area (Å²) in [7, 11) is 0. The van der Waals surface area contributed by atoms with Gasteiger partial charge in [0.1, 0.15) is 24.2 Å². The molecule has 0 fully saturated rings. The average Bonchev–Trinajstić information content (AvgIpc) is 2.78. The second kappa shape index (κ2) is 5.44. The van der Waals surface area contributed by atoms with Crippen LogP contribution in [0.5, 0.6) is 0 Å². The van der Waals surface area contributed by atoms with Gasteiger partial charge in [-0.2, -0.15) is 0 Å². The zero-order valence-corrected chi connectivity index (χ0v) is 9.85. The highest BCUT2D eigenvalue weighted by Gasteiger charge is 2.11. The molecule has 0 aliphatic heterocycles. The molecule has 0 saturated heterocycles. The number of ether oxygens (including phenoxy) is 1. The van der Waals surface area contributed by atoms with Gasteiger partial charge in [0.25, 0.3) is 0 Å². The van der Waals surface area contributed by atoms with E-state index in [1.807, 2.05) is 0 Å². The van der Waals surface area contributed by atoms with Gasteiger partial charge >= 0.3 is 5.97 Å². The Kier molecular flexibility index (Phi) is 3.72. The number of hydrogen-bond acceptors (Lipinski definition) is 4. The first-order valence-electron chi connectivity index (χ1n) is 5.55. The van der Waals surface area contributed by atoms with E-state index in [1.165, 1.54) is 18.4 Å². The first kappa shape index (κ1) is 12.3. The van der Waals surface area contributed by atoms with Crippen LogP contribution in [0.4, 0.5) is 4.39 Å². The Morgan fingerprint density at radius 1 is 1.39 bits per heavy atom. The first-order chi connectivity index (χ1) is 8.69. The van der Waals surface area contributed by atoms with Crippen molar-refractivity contribution in [3.05, 3.63) is 42.2 Å². The van der Waals surface area contributed by atoms with Crippen LogP contribution in [0.3, 0.4) is 0 Å². The molecule has 0 bridgehead atoms. The van der Waals surface area contributed by atoms with Crippen molar-refractivity contribution in [3.63, 3.8) is 0 Å². The van der Waals surface area contributed by atoms with E-state index < -0.39 is 0 Å². The molecule has 2 aromatic rings.